The lowest BCUT2D eigenvalue weighted by Gasteiger charge is -2.23. The van der Waals surface area contributed by atoms with Crippen LogP contribution in [-0.4, -0.2) is 35.5 Å². The third-order valence-corrected chi connectivity index (χ3v) is 2.77. The summed E-state index contributed by atoms with van der Waals surface area (Å²) in [6, 6.07) is 4.83. The van der Waals surface area contributed by atoms with E-state index in [1.807, 2.05) is 6.92 Å². The first-order valence-electron chi connectivity index (χ1n) is 5.24. The molecule has 0 bridgehead atoms. The van der Waals surface area contributed by atoms with Gasteiger partial charge in [0.2, 0.25) is 0 Å². The van der Waals surface area contributed by atoms with Crippen molar-refractivity contribution in [3.8, 4) is 5.75 Å². The van der Waals surface area contributed by atoms with E-state index in [0.29, 0.717) is 17.7 Å². The van der Waals surface area contributed by atoms with E-state index in [9.17, 15) is 9.90 Å². The number of phenols is 1. The van der Waals surface area contributed by atoms with Crippen molar-refractivity contribution in [2.75, 3.05) is 13.6 Å². The summed E-state index contributed by atoms with van der Waals surface area (Å²) >= 11 is 0. The highest BCUT2D eigenvalue weighted by Crippen LogP contribution is 2.18. The average Bonchev–Trinajstić information content (AvgIpc) is 2.29. The van der Waals surface area contributed by atoms with E-state index in [1.165, 1.54) is 6.07 Å². The van der Waals surface area contributed by atoms with Gasteiger partial charge in [-0.3, -0.25) is 4.79 Å². The topological polar surface area (TPSA) is 66.6 Å². The monoisotopic (exact) mass is 222 g/mol. The normalized spacial score (nSPS) is 12.2. The molecule has 0 aliphatic carbocycles. The summed E-state index contributed by atoms with van der Waals surface area (Å²) in [5.74, 6) is 0.118. The molecular formula is C12H18N2O2. The molecule has 0 saturated heterocycles. The Bertz CT molecular complexity index is 391. The summed E-state index contributed by atoms with van der Waals surface area (Å²) in [7, 11) is 1.72. The number of carbonyl (C=O) groups excluding carboxylic acids is 1. The summed E-state index contributed by atoms with van der Waals surface area (Å²) in [6.45, 7) is 4.09. The van der Waals surface area contributed by atoms with Gasteiger partial charge in [0.15, 0.2) is 0 Å². The molecule has 4 nitrogen and oxygen atoms in total. The average molecular weight is 222 g/mol. The van der Waals surface area contributed by atoms with Crippen LogP contribution in [0.4, 0.5) is 0 Å². The van der Waals surface area contributed by atoms with Gasteiger partial charge < -0.3 is 15.7 Å². The van der Waals surface area contributed by atoms with E-state index in [0.717, 1.165) is 0 Å². The van der Waals surface area contributed by atoms with Crippen LogP contribution in [0.15, 0.2) is 18.2 Å². The molecule has 0 fully saturated rings. The molecule has 4 heteroatoms. The SMILES string of the molecule is Cc1cc(C(=O)N(C)C(C)CN)ccc1O. The molecule has 0 aliphatic heterocycles. The zero-order valence-electron chi connectivity index (χ0n) is 9.90. The number of aryl methyl sites for hydroxylation is 1. The molecule has 0 spiro atoms. The maximum absolute atomic E-state index is 12.0. The highest BCUT2D eigenvalue weighted by atomic mass is 16.3. The Kier molecular flexibility index (Phi) is 3.90. The summed E-state index contributed by atoms with van der Waals surface area (Å²) in [5, 5.41) is 9.37. The van der Waals surface area contributed by atoms with Gasteiger partial charge >= 0.3 is 0 Å². The Hall–Kier alpha value is -1.55. The quantitative estimate of drug-likeness (QED) is 0.805. The van der Waals surface area contributed by atoms with Crippen LogP contribution in [0.1, 0.15) is 22.8 Å². The minimum Gasteiger partial charge on any atom is -0.508 e. The Balaban J connectivity index is 2.92. The highest BCUT2D eigenvalue weighted by molar-refractivity contribution is 5.94. The summed E-state index contributed by atoms with van der Waals surface area (Å²) < 4.78 is 0. The third-order valence-electron chi connectivity index (χ3n) is 2.77. The molecule has 0 heterocycles. The number of hydrogen-bond acceptors (Lipinski definition) is 3. The van der Waals surface area contributed by atoms with Gasteiger partial charge in [-0.15, -0.1) is 0 Å². The molecule has 1 aromatic rings. The minimum atomic E-state index is -0.0824. The fourth-order valence-electron chi connectivity index (χ4n) is 1.35. The second-order valence-corrected chi connectivity index (χ2v) is 4.00. The van der Waals surface area contributed by atoms with Gasteiger partial charge in [-0.25, -0.2) is 0 Å². The van der Waals surface area contributed by atoms with Crippen LogP contribution < -0.4 is 5.73 Å². The van der Waals surface area contributed by atoms with Gasteiger partial charge in [-0.1, -0.05) is 0 Å². The van der Waals surface area contributed by atoms with Crippen molar-refractivity contribution in [2.45, 2.75) is 19.9 Å². The zero-order valence-corrected chi connectivity index (χ0v) is 9.90. The molecule has 0 aliphatic rings. The van der Waals surface area contributed by atoms with Crippen molar-refractivity contribution in [1.29, 1.82) is 0 Å². The molecule has 3 N–H and O–H groups in total. The number of nitrogens with zero attached hydrogens (tertiary/aromatic N) is 1. The third kappa shape index (κ3) is 2.52. The van der Waals surface area contributed by atoms with Crippen molar-refractivity contribution in [1.82, 2.24) is 4.90 Å². The van der Waals surface area contributed by atoms with Crippen LogP contribution in [-0.2, 0) is 0 Å². The van der Waals surface area contributed by atoms with Crippen LogP contribution in [0.25, 0.3) is 0 Å². The van der Waals surface area contributed by atoms with Crippen molar-refractivity contribution < 1.29 is 9.90 Å². The molecule has 1 amide bonds. The maximum Gasteiger partial charge on any atom is 0.253 e. The zero-order chi connectivity index (χ0) is 12.3. The fourth-order valence-corrected chi connectivity index (χ4v) is 1.35. The second-order valence-electron chi connectivity index (χ2n) is 4.00. The number of hydrogen-bond donors (Lipinski definition) is 2. The molecule has 1 atom stereocenters. The van der Waals surface area contributed by atoms with Gasteiger partial charge in [-0.2, -0.15) is 0 Å². The number of aromatic hydroxyl groups is 1. The van der Waals surface area contributed by atoms with Gasteiger partial charge in [0.25, 0.3) is 5.91 Å². The predicted molar refractivity (Wildman–Crippen MR) is 63.5 cm³/mol. The minimum absolute atomic E-state index is 0.00149. The number of benzene rings is 1. The fraction of sp³-hybridized carbons (Fsp3) is 0.417. The van der Waals surface area contributed by atoms with Crippen LogP contribution in [0.2, 0.25) is 0 Å². The lowest BCUT2D eigenvalue weighted by atomic mass is 10.1. The Morgan fingerprint density at radius 1 is 1.56 bits per heavy atom. The molecule has 0 saturated carbocycles. The van der Waals surface area contributed by atoms with Crippen LogP contribution in [0.3, 0.4) is 0 Å². The molecule has 1 rings (SSSR count). The standard InChI is InChI=1S/C12H18N2O2/c1-8-6-10(4-5-11(8)15)12(16)14(3)9(2)7-13/h4-6,9,15H,7,13H2,1-3H3. The van der Waals surface area contributed by atoms with E-state index in [2.05, 4.69) is 0 Å². The molecule has 16 heavy (non-hydrogen) atoms. The second kappa shape index (κ2) is 4.99. The van der Waals surface area contributed by atoms with Crippen molar-refractivity contribution >= 4 is 5.91 Å². The summed E-state index contributed by atoms with van der Waals surface area (Å²) in [5.41, 5.74) is 6.77. The van der Waals surface area contributed by atoms with E-state index in [-0.39, 0.29) is 17.7 Å². The Morgan fingerprint density at radius 2 is 2.19 bits per heavy atom. The highest BCUT2D eigenvalue weighted by Gasteiger charge is 2.16. The first-order valence-corrected chi connectivity index (χ1v) is 5.24. The van der Waals surface area contributed by atoms with Crippen molar-refractivity contribution in [2.24, 2.45) is 5.73 Å². The Morgan fingerprint density at radius 3 is 2.69 bits per heavy atom. The first kappa shape index (κ1) is 12.5. The smallest absolute Gasteiger partial charge is 0.253 e. The number of rotatable bonds is 3. The maximum atomic E-state index is 12.0. The van der Waals surface area contributed by atoms with Crippen LogP contribution in [0, 0.1) is 6.92 Å². The number of phenolic OH excluding ortho intramolecular Hbond substituents is 1. The lowest BCUT2D eigenvalue weighted by Crippen LogP contribution is -2.39. The van der Waals surface area contributed by atoms with Crippen LogP contribution >= 0.6 is 0 Å². The number of nitrogens with two attached hydrogens (primary N) is 1. The summed E-state index contributed by atoms with van der Waals surface area (Å²) in [6.07, 6.45) is 0. The van der Waals surface area contributed by atoms with Crippen molar-refractivity contribution in [3.63, 3.8) is 0 Å². The number of amides is 1. The number of carbonyl (C=O) groups is 1. The molecule has 0 radical (unpaired) electrons. The molecule has 1 unspecified atom stereocenters. The van der Waals surface area contributed by atoms with Gasteiger partial charge in [0.05, 0.1) is 0 Å². The van der Waals surface area contributed by atoms with Gasteiger partial charge in [0, 0.05) is 25.2 Å². The van der Waals surface area contributed by atoms with Crippen LogP contribution in [0.5, 0.6) is 5.75 Å². The molecule has 1 aromatic carbocycles. The van der Waals surface area contributed by atoms with Gasteiger partial charge in [-0.05, 0) is 37.6 Å². The largest absolute Gasteiger partial charge is 0.508 e. The summed E-state index contributed by atoms with van der Waals surface area (Å²) in [4.78, 5) is 13.6. The lowest BCUT2D eigenvalue weighted by molar-refractivity contribution is 0.0748. The molecule has 0 aromatic heterocycles. The molecule has 88 valence electrons. The predicted octanol–water partition coefficient (Wildman–Crippen LogP) is 1.12. The Labute approximate surface area is 95.7 Å². The molecular weight excluding hydrogens is 204 g/mol. The van der Waals surface area contributed by atoms with E-state index < -0.39 is 0 Å². The van der Waals surface area contributed by atoms with E-state index in [4.69, 9.17) is 5.73 Å². The van der Waals surface area contributed by atoms with Gasteiger partial charge in [0.1, 0.15) is 5.75 Å². The van der Waals surface area contributed by atoms with E-state index >= 15 is 0 Å². The first-order chi connectivity index (χ1) is 7.47. The van der Waals surface area contributed by atoms with E-state index in [1.54, 1.807) is 31.0 Å². The number of likely N-dealkylation sites (N-methyl/N-ethyl adjacent to an activating group) is 1. The van der Waals surface area contributed by atoms with Crippen molar-refractivity contribution in [3.05, 3.63) is 29.3 Å².